The maximum Gasteiger partial charge on any atom is 0.0184 e. The zero-order chi connectivity index (χ0) is 11.3. The summed E-state index contributed by atoms with van der Waals surface area (Å²) in [6.07, 6.45) is 0. The average molecular weight is 240 g/mol. The summed E-state index contributed by atoms with van der Waals surface area (Å²) in [5.41, 5.74) is 3.12. The first-order valence-electron chi connectivity index (χ1n) is 5.28. The molecule has 0 spiro atoms. The van der Waals surface area contributed by atoms with Crippen molar-refractivity contribution in [3.8, 4) is 0 Å². The van der Waals surface area contributed by atoms with E-state index in [2.05, 4.69) is 57.7 Å². The van der Waals surface area contributed by atoms with E-state index < -0.39 is 0 Å². The minimum absolute atomic E-state index is 0.345. The standard InChI is InChI=1S/C13H20S2/c1-11-5-4-6-12(7-11)8-15-10-13(2,3)9-14/h4-7,14H,8-10H2,1-3H3. The van der Waals surface area contributed by atoms with Gasteiger partial charge in [-0.25, -0.2) is 0 Å². The molecule has 0 radical (unpaired) electrons. The van der Waals surface area contributed by atoms with E-state index in [1.807, 2.05) is 11.8 Å². The molecule has 0 aliphatic rings. The monoisotopic (exact) mass is 240 g/mol. The van der Waals surface area contributed by atoms with Gasteiger partial charge >= 0.3 is 0 Å². The Balaban J connectivity index is 2.38. The molecule has 2 heteroatoms. The fourth-order valence-electron chi connectivity index (χ4n) is 1.29. The summed E-state index contributed by atoms with van der Waals surface area (Å²) in [7, 11) is 0. The Morgan fingerprint density at radius 2 is 2.07 bits per heavy atom. The molecule has 0 saturated heterocycles. The van der Waals surface area contributed by atoms with E-state index in [1.165, 1.54) is 16.9 Å². The third-order valence-electron chi connectivity index (χ3n) is 2.27. The molecule has 0 aromatic heterocycles. The van der Waals surface area contributed by atoms with Crippen LogP contribution in [-0.4, -0.2) is 11.5 Å². The predicted molar refractivity (Wildman–Crippen MR) is 75.0 cm³/mol. The molecule has 0 saturated carbocycles. The van der Waals surface area contributed by atoms with E-state index >= 15 is 0 Å². The van der Waals surface area contributed by atoms with Gasteiger partial charge < -0.3 is 0 Å². The lowest BCUT2D eigenvalue weighted by Gasteiger charge is -2.21. The summed E-state index contributed by atoms with van der Waals surface area (Å²) in [5, 5.41) is 0. The Labute approximate surface area is 103 Å². The molecule has 0 N–H and O–H groups in total. The van der Waals surface area contributed by atoms with Crippen LogP contribution in [0.1, 0.15) is 25.0 Å². The lowest BCUT2D eigenvalue weighted by atomic mass is 10.0. The highest BCUT2D eigenvalue weighted by Gasteiger charge is 2.15. The van der Waals surface area contributed by atoms with Crippen LogP contribution in [0.4, 0.5) is 0 Å². The molecule has 0 nitrogen and oxygen atoms in total. The van der Waals surface area contributed by atoms with Crippen molar-refractivity contribution >= 4 is 24.4 Å². The first kappa shape index (κ1) is 13.0. The minimum atomic E-state index is 0.345. The normalized spacial score (nSPS) is 11.7. The lowest BCUT2D eigenvalue weighted by Crippen LogP contribution is -2.16. The third kappa shape index (κ3) is 4.98. The van der Waals surface area contributed by atoms with Crippen LogP contribution in [0.25, 0.3) is 0 Å². The summed E-state index contributed by atoms with van der Waals surface area (Å²) in [4.78, 5) is 0. The van der Waals surface area contributed by atoms with Gasteiger partial charge in [-0.1, -0.05) is 43.7 Å². The van der Waals surface area contributed by atoms with Gasteiger partial charge in [0.05, 0.1) is 0 Å². The average Bonchev–Trinajstić information content (AvgIpc) is 2.18. The van der Waals surface area contributed by atoms with Crippen molar-refractivity contribution in [3.05, 3.63) is 35.4 Å². The van der Waals surface area contributed by atoms with Gasteiger partial charge in [0.1, 0.15) is 0 Å². The number of hydrogen-bond donors (Lipinski definition) is 1. The van der Waals surface area contributed by atoms with Crippen molar-refractivity contribution in [1.82, 2.24) is 0 Å². The molecular formula is C13H20S2. The third-order valence-corrected chi connectivity index (χ3v) is 4.65. The minimum Gasteiger partial charge on any atom is -0.179 e. The van der Waals surface area contributed by atoms with E-state index in [0.29, 0.717) is 5.41 Å². The highest BCUT2D eigenvalue weighted by Crippen LogP contribution is 2.25. The lowest BCUT2D eigenvalue weighted by molar-refractivity contribution is 0.493. The second-order valence-corrected chi connectivity index (χ2v) is 6.11. The van der Waals surface area contributed by atoms with E-state index in [0.717, 1.165) is 11.5 Å². The molecular weight excluding hydrogens is 220 g/mol. The molecule has 0 aliphatic carbocycles. The van der Waals surface area contributed by atoms with Gasteiger partial charge in [0.15, 0.2) is 0 Å². The molecule has 0 unspecified atom stereocenters. The second-order valence-electron chi connectivity index (χ2n) is 4.80. The molecule has 0 amide bonds. The number of thiol groups is 1. The number of hydrogen-bond acceptors (Lipinski definition) is 2. The Bertz CT molecular complexity index is 305. The van der Waals surface area contributed by atoms with Crippen LogP contribution < -0.4 is 0 Å². The van der Waals surface area contributed by atoms with Gasteiger partial charge in [-0.2, -0.15) is 24.4 Å². The van der Waals surface area contributed by atoms with Crippen molar-refractivity contribution in [2.45, 2.75) is 26.5 Å². The van der Waals surface area contributed by atoms with Crippen LogP contribution in [0.3, 0.4) is 0 Å². The van der Waals surface area contributed by atoms with Gasteiger partial charge in [0.2, 0.25) is 0 Å². The van der Waals surface area contributed by atoms with Crippen molar-refractivity contribution in [2.75, 3.05) is 11.5 Å². The number of benzene rings is 1. The molecule has 0 fully saturated rings. The Morgan fingerprint density at radius 3 is 2.67 bits per heavy atom. The van der Waals surface area contributed by atoms with E-state index in [9.17, 15) is 0 Å². The van der Waals surface area contributed by atoms with E-state index in [-0.39, 0.29) is 0 Å². The van der Waals surface area contributed by atoms with Crippen LogP contribution in [0.5, 0.6) is 0 Å². The second kappa shape index (κ2) is 5.86. The topological polar surface area (TPSA) is 0 Å². The molecule has 0 heterocycles. The number of aryl methyl sites for hydroxylation is 1. The van der Waals surface area contributed by atoms with Crippen LogP contribution >= 0.6 is 24.4 Å². The van der Waals surface area contributed by atoms with Gasteiger partial charge in [-0.05, 0) is 29.4 Å². The summed E-state index contributed by atoms with van der Waals surface area (Å²) in [6, 6.07) is 8.75. The van der Waals surface area contributed by atoms with E-state index in [4.69, 9.17) is 0 Å². The predicted octanol–water partition coefficient (Wildman–Crippen LogP) is 4.18. The van der Waals surface area contributed by atoms with Gasteiger partial charge in [-0.3, -0.25) is 0 Å². The first-order valence-corrected chi connectivity index (χ1v) is 7.06. The summed E-state index contributed by atoms with van der Waals surface area (Å²) >= 11 is 6.36. The zero-order valence-corrected chi connectivity index (χ0v) is 11.5. The Hall–Kier alpha value is -0.0800. The summed E-state index contributed by atoms with van der Waals surface area (Å²) < 4.78 is 0. The Kier molecular flexibility index (Phi) is 5.07. The van der Waals surface area contributed by atoms with Crippen LogP contribution in [-0.2, 0) is 5.75 Å². The maximum absolute atomic E-state index is 4.36. The number of thioether (sulfide) groups is 1. The maximum atomic E-state index is 4.36. The highest BCUT2D eigenvalue weighted by molar-refractivity contribution is 7.98. The van der Waals surface area contributed by atoms with Crippen molar-refractivity contribution < 1.29 is 0 Å². The zero-order valence-electron chi connectivity index (χ0n) is 9.79. The molecule has 15 heavy (non-hydrogen) atoms. The SMILES string of the molecule is Cc1cccc(CSCC(C)(C)CS)c1. The van der Waals surface area contributed by atoms with Crippen molar-refractivity contribution in [2.24, 2.45) is 5.41 Å². The summed E-state index contributed by atoms with van der Waals surface area (Å²) in [5.74, 6) is 3.23. The smallest absolute Gasteiger partial charge is 0.0184 e. The quantitative estimate of drug-likeness (QED) is 0.753. The molecule has 1 rings (SSSR count). The molecule has 84 valence electrons. The van der Waals surface area contributed by atoms with Crippen LogP contribution in [0.2, 0.25) is 0 Å². The van der Waals surface area contributed by atoms with Crippen molar-refractivity contribution in [3.63, 3.8) is 0 Å². The van der Waals surface area contributed by atoms with Crippen LogP contribution in [0.15, 0.2) is 24.3 Å². The fourth-order valence-corrected chi connectivity index (χ4v) is 2.73. The van der Waals surface area contributed by atoms with Gasteiger partial charge in [-0.15, -0.1) is 0 Å². The van der Waals surface area contributed by atoms with Gasteiger partial charge in [0.25, 0.3) is 0 Å². The summed E-state index contributed by atoms with van der Waals surface area (Å²) in [6.45, 7) is 6.68. The molecule has 0 atom stereocenters. The molecule has 0 bridgehead atoms. The molecule has 1 aromatic carbocycles. The first-order chi connectivity index (χ1) is 7.03. The van der Waals surface area contributed by atoms with E-state index in [1.54, 1.807) is 0 Å². The molecule has 1 aromatic rings. The largest absolute Gasteiger partial charge is 0.179 e. The van der Waals surface area contributed by atoms with Crippen molar-refractivity contribution in [1.29, 1.82) is 0 Å². The Morgan fingerprint density at radius 1 is 1.33 bits per heavy atom. The number of rotatable bonds is 5. The highest BCUT2D eigenvalue weighted by atomic mass is 32.2. The molecule has 0 aliphatic heterocycles. The fraction of sp³-hybridized carbons (Fsp3) is 0.538. The van der Waals surface area contributed by atoms with Gasteiger partial charge in [0, 0.05) is 5.75 Å². The van der Waals surface area contributed by atoms with Crippen LogP contribution in [0, 0.1) is 12.3 Å².